The molecule has 0 unspecified atom stereocenters. The third-order valence-electron chi connectivity index (χ3n) is 2.68. The maximum absolute atomic E-state index is 10.0. The molecule has 0 aliphatic rings. The average molecular weight is 502 g/mol. The van der Waals surface area contributed by atoms with Gasteiger partial charge in [-0.2, -0.15) is 0 Å². The number of carbonyl (C=O) groups is 1. The number of unbranched alkanes of at least 4 members (excludes halogenated alkanes) is 10. The molecule has 0 saturated carbocycles. The summed E-state index contributed by atoms with van der Waals surface area (Å²) < 4.78 is 0. The summed E-state index contributed by atoms with van der Waals surface area (Å²) in [5.74, 6) is 0. The van der Waals surface area contributed by atoms with Crippen LogP contribution in [0.4, 0.5) is 0 Å². The van der Waals surface area contributed by atoms with Crippen molar-refractivity contribution in [2.75, 3.05) is 0 Å². The summed E-state index contributed by atoms with van der Waals surface area (Å²) in [6.45, 7) is 2.26. The molecule has 17 heavy (non-hydrogen) atoms. The first-order valence-corrected chi connectivity index (χ1v) is 6.35. The Bertz CT molecular complexity index is 121. The van der Waals surface area contributed by atoms with Crippen molar-refractivity contribution in [3.8, 4) is 0 Å². The standard InChI is InChI=1S/C13H26O.3Ru/c1-2-3-4-5-6-7-8-9-10-11-12-13-14;;;/h13H,2-12H2,1H3;;;. The fourth-order valence-electron chi connectivity index (χ4n) is 1.72. The van der Waals surface area contributed by atoms with Crippen LogP contribution in [0.1, 0.15) is 77.6 Å². The molecule has 0 radical (unpaired) electrons. The number of aldehydes is 1. The van der Waals surface area contributed by atoms with Crippen molar-refractivity contribution in [2.24, 2.45) is 0 Å². The van der Waals surface area contributed by atoms with Crippen LogP contribution in [0.5, 0.6) is 0 Å². The molecule has 0 aliphatic heterocycles. The molecule has 0 atom stereocenters. The monoisotopic (exact) mass is 504 g/mol. The van der Waals surface area contributed by atoms with E-state index in [0.29, 0.717) is 0 Å². The number of carbonyl (C=O) groups excluding carboxylic acids is 1. The summed E-state index contributed by atoms with van der Waals surface area (Å²) >= 11 is 0. The van der Waals surface area contributed by atoms with Crippen molar-refractivity contribution in [2.45, 2.75) is 77.6 Å². The molecule has 0 amide bonds. The minimum absolute atomic E-state index is 0. The normalized spacial score (nSPS) is 8.53. The van der Waals surface area contributed by atoms with Crippen LogP contribution in [0.25, 0.3) is 0 Å². The van der Waals surface area contributed by atoms with Gasteiger partial charge in [0.25, 0.3) is 0 Å². The molecule has 4 heteroatoms. The Morgan fingerprint density at radius 1 is 0.647 bits per heavy atom. The topological polar surface area (TPSA) is 17.1 Å². The van der Waals surface area contributed by atoms with E-state index in [-0.39, 0.29) is 58.4 Å². The van der Waals surface area contributed by atoms with Gasteiger partial charge in [0.1, 0.15) is 6.29 Å². The van der Waals surface area contributed by atoms with Crippen molar-refractivity contribution < 1.29 is 63.2 Å². The first kappa shape index (κ1) is 27.0. The summed E-state index contributed by atoms with van der Waals surface area (Å²) in [7, 11) is 0. The summed E-state index contributed by atoms with van der Waals surface area (Å²) in [6, 6.07) is 0. The smallest absolute Gasteiger partial charge is 0.119 e. The summed E-state index contributed by atoms with van der Waals surface area (Å²) in [4.78, 5) is 10.0. The zero-order chi connectivity index (χ0) is 10.5. The van der Waals surface area contributed by atoms with E-state index in [1.807, 2.05) is 0 Å². The Morgan fingerprint density at radius 3 is 1.35 bits per heavy atom. The molecule has 0 aromatic heterocycles. The Hall–Kier alpha value is 1.54. The zero-order valence-corrected chi connectivity index (χ0v) is 16.0. The van der Waals surface area contributed by atoms with E-state index in [9.17, 15) is 4.79 Å². The maximum Gasteiger partial charge on any atom is 0.119 e. The molecule has 0 aliphatic carbocycles. The first-order chi connectivity index (χ1) is 6.91. The minimum Gasteiger partial charge on any atom is -0.303 e. The van der Waals surface area contributed by atoms with Crippen LogP contribution >= 0.6 is 0 Å². The number of hydrogen-bond donors (Lipinski definition) is 0. The zero-order valence-electron chi connectivity index (χ0n) is 10.8. The maximum atomic E-state index is 10.0. The quantitative estimate of drug-likeness (QED) is 0.232. The van der Waals surface area contributed by atoms with Gasteiger partial charge in [0, 0.05) is 64.9 Å². The van der Waals surface area contributed by atoms with Gasteiger partial charge in [-0.3, -0.25) is 0 Å². The van der Waals surface area contributed by atoms with E-state index in [1.54, 1.807) is 0 Å². The van der Waals surface area contributed by atoms with Crippen molar-refractivity contribution in [3.63, 3.8) is 0 Å². The van der Waals surface area contributed by atoms with Crippen molar-refractivity contribution in [3.05, 3.63) is 0 Å². The van der Waals surface area contributed by atoms with Crippen LogP contribution < -0.4 is 0 Å². The second-order valence-electron chi connectivity index (χ2n) is 4.14. The van der Waals surface area contributed by atoms with E-state index in [1.165, 1.54) is 57.8 Å². The molecule has 0 saturated heterocycles. The third kappa shape index (κ3) is 26.9. The molecule has 1 nitrogen and oxygen atoms in total. The average Bonchev–Trinajstić information content (AvgIpc) is 2.21. The molecule has 0 fully saturated rings. The van der Waals surface area contributed by atoms with Gasteiger partial charge in [-0.15, -0.1) is 0 Å². The fraction of sp³-hybridized carbons (Fsp3) is 0.923. The summed E-state index contributed by atoms with van der Waals surface area (Å²) in [5.41, 5.74) is 0. The molecule has 0 bridgehead atoms. The Kier molecular flexibility index (Phi) is 41.5. The van der Waals surface area contributed by atoms with Crippen LogP contribution in [0, 0.1) is 0 Å². The van der Waals surface area contributed by atoms with E-state index in [0.717, 1.165) is 19.1 Å². The van der Waals surface area contributed by atoms with Gasteiger partial charge in [0.15, 0.2) is 0 Å². The van der Waals surface area contributed by atoms with E-state index in [2.05, 4.69) is 6.92 Å². The second-order valence-corrected chi connectivity index (χ2v) is 4.14. The van der Waals surface area contributed by atoms with Gasteiger partial charge < -0.3 is 4.79 Å². The minimum atomic E-state index is 0. The van der Waals surface area contributed by atoms with Gasteiger partial charge >= 0.3 is 0 Å². The van der Waals surface area contributed by atoms with Gasteiger partial charge in [-0.1, -0.05) is 64.7 Å². The fourth-order valence-corrected chi connectivity index (χ4v) is 1.72. The van der Waals surface area contributed by atoms with Crippen molar-refractivity contribution in [1.82, 2.24) is 0 Å². The molecule has 0 heterocycles. The van der Waals surface area contributed by atoms with Crippen molar-refractivity contribution in [1.29, 1.82) is 0 Å². The van der Waals surface area contributed by atoms with Crippen LogP contribution in [-0.4, -0.2) is 6.29 Å². The Labute approximate surface area is 146 Å². The first-order valence-electron chi connectivity index (χ1n) is 6.35. The van der Waals surface area contributed by atoms with E-state index in [4.69, 9.17) is 0 Å². The molecule has 0 rings (SSSR count). The number of rotatable bonds is 11. The van der Waals surface area contributed by atoms with E-state index < -0.39 is 0 Å². The van der Waals surface area contributed by atoms with Gasteiger partial charge in [-0.05, 0) is 6.42 Å². The molecule has 0 aromatic rings. The SMILES string of the molecule is CCCCCCCCCCCCC=O.[Ru].[Ru].[Ru]. The van der Waals surface area contributed by atoms with Gasteiger partial charge in [-0.25, -0.2) is 0 Å². The van der Waals surface area contributed by atoms with Crippen LogP contribution in [0.15, 0.2) is 0 Å². The van der Waals surface area contributed by atoms with Gasteiger partial charge in [0.05, 0.1) is 0 Å². The Balaban J connectivity index is -0.000000282. The largest absolute Gasteiger partial charge is 0.303 e. The molecule has 108 valence electrons. The Morgan fingerprint density at radius 2 is 1.00 bits per heavy atom. The van der Waals surface area contributed by atoms with Crippen LogP contribution in [0.2, 0.25) is 0 Å². The third-order valence-corrected chi connectivity index (χ3v) is 2.68. The van der Waals surface area contributed by atoms with Gasteiger partial charge in [0.2, 0.25) is 0 Å². The van der Waals surface area contributed by atoms with E-state index >= 15 is 0 Å². The second kappa shape index (κ2) is 26.2. The molecular weight excluding hydrogens is 475 g/mol. The number of hydrogen-bond acceptors (Lipinski definition) is 1. The summed E-state index contributed by atoms with van der Waals surface area (Å²) in [5, 5.41) is 0. The predicted molar refractivity (Wildman–Crippen MR) is 62.5 cm³/mol. The van der Waals surface area contributed by atoms with Crippen molar-refractivity contribution >= 4 is 6.29 Å². The molecular formula is C13H26ORu3. The molecule has 0 N–H and O–H groups in total. The molecule has 0 aromatic carbocycles. The summed E-state index contributed by atoms with van der Waals surface area (Å²) in [6.07, 6.45) is 15.2. The predicted octanol–water partition coefficient (Wildman–Crippen LogP) is 4.49. The molecule has 0 spiro atoms. The van der Waals surface area contributed by atoms with Crippen LogP contribution in [-0.2, 0) is 63.2 Å². The van der Waals surface area contributed by atoms with Crippen LogP contribution in [0.3, 0.4) is 0 Å².